The van der Waals surface area contributed by atoms with Crippen LogP contribution in [0.15, 0.2) is 71.6 Å². The zero-order valence-corrected chi connectivity index (χ0v) is 16.8. The Morgan fingerprint density at radius 3 is 1.93 bits per heavy atom. The zero-order valence-electron chi connectivity index (χ0n) is 16.0. The highest BCUT2D eigenvalue weighted by molar-refractivity contribution is 7.91. The molecule has 0 spiro atoms. The SMILES string of the molecule is Cc1ccc2c(c1)c1cc(C)ccc1n2C[C@H](O)CS(=O)(=O)c1ccccc1. The molecular formula is C23H23NO3S. The summed E-state index contributed by atoms with van der Waals surface area (Å²) in [6, 6.07) is 20.7. The van der Waals surface area contributed by atoms with Gasteiger partial charge in [0.1, 0.15) is 0 Å². The molecule has 0 aliphatic carbocycles. The van der Waals surface area contributed by atoms with E-state index < -0.39 is 15.9 Å². The van der Waals surface area contributed by atoms with Crippen LogP contribution in [0.2, 0.25) is 0 Å². The molecule has 28 heavy (non-hydrogen) atoms. The minimum atomic E-state index is -3.55. The molecule has 5 heteroatoms. The number of sulfone groups is 1. The van der Waals surface area contributed by atoms with Gasteiger partial charge in [-0.1, -0.05) is 41.5 Å². The lowest BCUT2D eigenvalue weighted by Crippen LogP contribution is -2.25. The molecule has 1 heterocycles. The van der Waals surface area contributed by atoms with Crippen LogP contribution >= 0.6 is 0 Å². The Balaban J connectivity index is 1.73. The van der Waals surface area contributed by atoms with Crippen molar-refractivity contribution in [3.8, 4) is 0 Å². The molecule has 0 saturated heterocycles. The number of fused-ring (bicyclic) bond motifs is 3. The monoisotopic (exact) mass is 393 g/mol. The number of aliphatic hydroxyl groups is 1. The molecule has 1 atom stereocenters. The van der Waals surface area contributed by atoms with E-state index in [9.17, 15) is 13.5 Å². The summed E-state index contributed by atoms with van der Waals surface area (Å²) in [6.45, 7) is 4.33. The van der Waals surface area contributed by atoms with Crippen molar-refractivity contribution in [2.75, 3.05) is 5.75 Å². The molecule has 0 saturated carbocycles. The average Bonchev–Trinajstić information content (AvgIpc) is 2.94. The first-order valence-corrected chi connectivity index (χ1v) is 11.0. The standard InChI is InChI=1S/C23H23NO3S/c1-16-8-10-22-20(12-16)21-13-17(2)9-11-23(21)24(22)14-18(25)15-28(26,27)19-6-4-3-5-7-19/h3-13,18,25H,14-15H2,1-2H3/t18-/m0/s1. The minimum absolute atomic E-state index is 0.220. The molecule has 4 aromatic rings. The van der Waals surface area contributed by atoms with Crippen LogP contribution in [0.4, 0.5) is 0 Å². The third kappa shape index (κ3) is 3.43. The van der Waals surface area contributed by atoms with Crippen LogP contribution in [-0.2, 0) is 16.4 Å². The predicted molar refractivity (Wildman–Crippen MR) is 113 cm³/mol. The summed E-state index contributed by atoms with van der Waals surface area (Å²) < 4.78 is 27.3. The Hall–Kier alpha value is -2.63. The van der Waals surface area contributed by atoms with Gasteiger partial charge in [0.15, 0.2) is 9.84 Å². The summed E-state index contributed by atoms with van der Waals surface area (Å²) in [4.78, 5) is 0.238. The van der Waals surface area contributed by atoms with Gasteiger partial charge in [0, 0.05) is 21.8 Å². The van der Waals surface area contributed by atoms with E-state index in [1.54, 1.807) is 30.3 Å². The van der Waals surface area contributed by atoms with Gasteiger partial charge in [0.05, 0.1) is 23.3 Å². The van der Waals surface area contributed by atoms with Crippen molar-refractivity contribution in [2.45, 2.75) is 31.4 Å². The van der Waals surface area contributed by atoms with Crippen molar-refractivity contribution < 1.29 is 13.5 Å². The third-order valence-electron chi connectivity index (χ3n) is 5.08. The number of rotatable bonds is 5. The van der Waals surface area contributed by atoms with E-state index in [1.165, 1.54) is 11.1 Å². The van der Waals surface area contributed by atoms with Crippen molar-refractivity contribution in [2.24, 2.45) is 0 Å². The second-order valence-electron chi connectivity index (χ2n) is 7.40. The topological polar surface area (TPSA) is 59.3 Å². The van der Waals surface area contributed by atoms with Crippen LogP contribution in [0, 0.1) is 13.8 Å². The number of nitrogens with zero attached hydrogens (tertiary/aromatic N) is 1. The van der Waals surface area contributed by atoms with Crippen molar-refractivity contribution in [3.05, 3.63) is 77.9 Å². The summed E-state index contributed by atoms with van der Waals surface area (Å²) in [5, 5.41) is 12.9. The van der Waals surface area contributed by atoms with Crippen LogP contribution in [0.5, 0.6) is 0 Å². The van der Waals surface area contributed by atoms with Crippen molar-refractivity contribution in [1.29, 1.82) is 0 Å². The van der Waals surface area contributed by atoms with Crippen LogP contribution < -0.4 is 0 Å². The van der Waals surface area contributed by atoms with Gasteiger partial charge in [-0.15, -0.1) is 0 Å². The molecule has 3 aromatic carbocycles. The lowest BCUT2D eigenvalue weighted by molar-refractivity contribution is 0.179. The highest BCUT2D eigenvalue weighted by Gasteiger charge is 2.21. The first-order valence-electron chi connectivity index (χ1n) is 9.30. The number of aliphatic hydroxyl groups excluding tert-OH is 1. The third-order valence-corrected chi connectivity index (χ3v) is 6.90. The normalized spacial score (nSPS) is 13.2. The first kappa shape index (κ1) is 18.7. The minimum Gasteiger partial charge on any atom is -0.390 e. The zero-order chi connectivity index (χ0) is 19.9. The van der Waals surface area contributed by atoms with Crippen molar-refractivity contribution in [1.82, 2.24) is 4.57 Å². The maximum absolute atomic E-state index is 12.6. The van der Waals surface area contributed by atoms with E-state index in [2.05, 4.69) is 26.0 Å². The molecule has 0 aliphatic rings. The van der Waals surface area contributed by atoms with Gasteiger partial charge in [-0.05, 0) is 50.2 Å². The smallest absolute Gasteiger partial charge is 0.180 e. The summed E-state index contributed by atoms with van der Waals surface area (Å²) in [5.74, 6) is -0.310. The number of hydrogen-bond donors (Lipinski definition) is 1. The van der Waals surface area contributed by atoms with E-state index in [-0.39, 0.29) is 17.2 Å². The second kappa shape index (κ2) is 7.08. The summed E-state index contributed by atoms with van der Waals surface area (Å²) in [6.07, 6.45) is -1.01. The second-order valence-corrected chi connectivity index (χ2v) is 9.43. The summed E-state index contributed by atoms with van der Waals surface area (Å²) in [7, 11) is -3.55. The Kier molecular flexibility index (Phi) is 4.73. The van der Waals surface area contributed by atoms with E-state index in [0.717, 1.165) is 21.8 Å². The molecule has 0 bridgehead atoms. The first-order chi connectivity index (χ1) is 13.3. The number of hydrogen-bond acceptors (Lipinski definition) is 3. The fraction of sp³-hybridized carbons (Fsp3) is 0.217. The largest absolute Gasteiger partial charge is 0.390 e. The number of benzene rings is 3. The fourth-order valence-corrected chi connectivity index (χ4v) is 5.15. The van der Waals surface area contributed by atoms with Gasteiger partial charge in [-0.25, -0.2) is 8.42 Å². The lowest BCUT2D eigenvalue weighted by atomic mass is 10.1. The van der Waals surface area contributed by atoms with Crippen LogP contribution in [-0.4, -0.2) is 29.9 Å². The van der Waals surface area contributed by atoms with Gasteiger partial charge in [-0.2, -0.15) is 0 Å². The van der Waals surface area contributed by atoms with E-state index >= 15 is 0 Å². The van der Waals surface area contributed by atoms with E-state index in [0.29, 0.717) is 0 Å². The summed E-state index contributed by atoms with van der Waals surface area (Å²) in [5.41, 5.74) is 4.34. The van der Waals surface area contributed by atoms with Crippen LogP contribution in [0.3, 0.4) is 0 Å². The highest BCUT2D eigenvalue weighted by atomic mass is 32.2. The molecular weight excluding hydrogens is 370 g/mol. The van der Waals surface area contributed by atoms with E-state index in [1.807, 2.05) is 28.8 Å². The maximum atomic E-state index is 12.6. The fourth-order valence-electron chi connectivity index (χ4n) is 3.77. The van der Waals surface area contributed by atoms with Gasteiger partial charge in [0.2, 0.25) is 0 Å². The lowest BCUT2D eigenvalue weighted by Gasteiger charge is -2.14. The molecule has 0 radical (unpaired) electrons. The molecule has 4 rings (SSSR count). The van der Waals surface area contributed by atoms with Crippen molar-refractivity contribution >= 4 is 31.6 Å². The molecule has 144 valence electrons. The summed E-state index contributed by atoms with van der Waals surface area (Å²) >= 11 is 0. The van der Waals surface area contributed by atoms with E-state index in [4.69, 9.17) is 0 Å². The number of aryl methyl sites for hydroxylation is 2. The van der Waals surface area contributed by atoms with Gasteiger partial charge in [-0.3, -0.25) is 0 Å². The Morgan fingerprint density at radius 2 is 1.39 bits per heavy atom. The Bertz CT molecular complexity index is 1200. The molecule has 0 amide bonds. The Morgan fingerprint density at radius 1 is 0.857 bits per heavy atom. The maximum Gasteiger partial charge on any atom is 0.180 e. The average molecular weight is 394 g/mol. The molecule has 0 aliphatic heterocycles. The quantitative estimate of drug-likeness (QED) is 0.552. The predicted octanol–water partition coefficient (Wildman–Crippen LogP) is 4.25. The molecule has 4 nitrogen and oxygen atoms in total. The van der Waals surface area contributed by atoms with Crippen molar-refractivity contribution in [3.63, 3.8) is 0 Å². The van der Waals surface area contributed by atoms with Gasteiger partial charge >= 0.3 is 0 Å². The molecule has 1 aromatic heterocycles. The Labute approximate surface area is 165 Å². The number of aromatic nitrogens is 1. The van der Waals surface area contributed by atoms with Crippen LogP contribution in [0.25, 0.3) is 21.8 Å². The molecule has 0 unspecified atom stereocenters. The van der Waals surface area contributed by atoms with Gasteiger partial charge in [0.25, 0.3) is 0 Å². The van der Waals surface area contributed by atoms with Gasteiger partial charge < -0.3 is 9.67 Å². The molecule has 0 fully saturated rings. The van der Waals surface area contributed by atoms with Crippen LogP contribution in [0.1, 0.15) is 11.1 Å². The highest BCUT2D eigenvalue weighted by Crippen LogP contribution is 2.31. The molecule has 1 N–H and O–H groups in total.